The molecule has 0 amide bonds. The van der Waals surface area contributed by atoms with Crippen molar-refractivity contribution in [3.63, 3.8) is 0 Å². The molecule has 0 bridgehead atoms. The Bertz CT molecular complexity index is 675. The number of aliphatic imine (C=N–C) groups is 1. The number of furan rings is 1. The minimum atomic E-state index is 0.157. The van der Waals surface area contributed by atoms with Gasteiger partial charge in [-0.15, -0.1) is 0 Å². The van der Waals surface area contributed by atoms with Gasteiger partial charge in [-0.2, -0.15) is 0 Å². The summed E-state index contributed by atoms with van der Waals surface area (Å²) in [6.45, 7) is 1.32. The first-order chi connectivity index (χ1) is 9.74. The third-order valence-corrected chi connectivity index (χ3v) is 3.25. The number of nitrogens with one attached hydrogen (secondary N) is 1. The van der Waals surface area contributed by atoms with Crippen LogP contribution in [0.5, 0.6) is 5.75 Å². The van der Waals surface area contributed by atoms with Crippen LogP contribution in [-0.2, 0) is 0 Å². The molecule has 2 aromatic rings. The highest BCUT2D eigenvalue weighted by Crippen LogP contribution is 2.24. The lowest BCUT2D eigenvalue weighted by atomic mass is 10.1. The van der Waals surface area contributed by atoms with Gasteiger partial charge in [0.25, 0.3) is 0 Å². The molecular weight excluding hydrogens is 276 g/mol. The lowest BCUT2D eigenvalue weighted by Gasteiger charge is -2.06. The standard InChI is InChI=1S/C15H13ClN2O2/c16-10-3-4-14(19)11(8-10)12-9-13(18-6-5-17-12)15-2-1-7-20-15/h1-4,7-9,18-19H,5-6H2. The molecule has 1 aliphatic rings. The first-order valence-electron chi connectivity index (χ1n) is 6.27. The van der Waals surface area contributed by atoms with Gasteiger partial charge in [-0.05, 0) is 36.4 Å². The van der Waals surface area contributed by atoms with Gasteiger partial charge in [-0.25, -0.2) is 0 Å². The van der Waals surface area contributed by atoms with Gasteiger partial charge in [0.1, 0.15) is 11.5 Å². The zero-order chi connectivity index (χ0) is 13.9. The summed E-state index contributed by atoms with van der Waals surface area (Å²) in [6, 6.07) is 8.62. The number of phenolic OH excluding ortho intramolecular Hbond substituents is 1. The van der Waals surface area contributed by atoms with E-state index in [1.54, 1.807) is 24.5 Å². The maximum atomic E-state index is 9.98. The molecule has 4 nitrogen and oxygen atoms in total. The van der Waals surface area contributed by atoms with Crippen LogP contribution in [0.25, 0.3) is 5.70 Å². The normalized spacial score (nSPS) is 15.1. The highest BCUT2D eigenvalue weighted by Gasteiger charge is 2.13. The van der Waals surface area contributed by atoms with Crippen LogP contribution in [-0.4, -0.2) is 23.9 Å². The Hall–Kier alpha value is -2.20. The summed E-state index contributed by atoms with van der Waals surface area (Å²) in [5.41, 5.74) is 2.14. The molecule has 2 N–H and O–H groups in total. The molecule has 0 unspecified atom stereocenters. The molecule has 102 valence electrons. The Morgan fingerprint density at radius 3 is 3.00 bits per heavy atom. The fourth-order valence-electron chi connectivity index (χ4n) is 2.07. The quantitative estimate of drug-likeness (QED) is 0.893. The van der Waals surface area contributed by atoms with E-state index >= 15 is 0 Å². The second-order valence-corrected chi connectivity index (χ2v) is 4.83. The second-order valence-electron chi connectivity index (χ2n) is 4.39. The van der Waals surface area contributed by atoms with Crippen molar-refractivity contribution in [2.24, 2.45) is 4.99 Å². The Morgan fingerprint density at radius 2 is 2.20 bits per heavy atom. The lowest BCUT2D eigenvalue weighted by molar-refractivity contribution is 0.474. The summed E-state index contributed by atoms with van der Waals surface area (Å²) in [5, 5.41) is 13.8. The van der Waals surface area contributed by atoms with E-state index in [0.717, 1.165) is 11.5 Å². The Morgan fingerprint density at radius 1 is 1.30 bits per heavy atom. The van der Waals surface area contributed by atoms with Gasteiger partial charge in [0.15, 0.2) is 0 Å². The molecule has 0 spiro atoms. The molecule has 0 saturated heterocycles. The Balaban J connectivity index is 2.05. The molecule has 1 aromatic carbocycles. The minimum absolute atomic E-state index is 0.157. The smallest absolute Gasteiger partial charge is 0.149 e. The number of phenols is 1. The Kier molecular flexibility index (Phi) is 3.48. The van der Waals surface area contributed by atoms with Gasteiger partial charge in [0.05, 0.1) is 24.2 Å². The van der Waals surface area contributed by atoms with E-state index < -0.39 is 0 Å². The molecular formula is C15H13ClN2O2. The summed E-state index contributed by atoms with van der Waals surface area (Å²) < 4.78 is 5.39. The van der Waals surface area contributed by atoms with Crippen molar-refractivity contribution >= 4 is 23.0 Å². The summed E-state index contributed by atoms with van der Waals surface area (Å²) >= 11 is 5.99. The van der Waals surface area contributed by atoms with Crippen molar-refractivity contribution in [2.75, 3.05) is 13.1 Å². The lowest BCUT2D eigenvalue weighted by Crippen LogP contribution is -2.14. The van der Waals surface area contributed by atoms with E-state index in [9.17, 15) is 5.11 Å². The average Bonchev–Trinajstić information content (AvgIpc) is 2.87. The van der Waals surface area contributed by atoms with Crippen LogP contribution >= 0.6 is 11.6 Å². The first-order valence-corrected chi connectivity index (χ1v) is 6.64. The molecule has 3 rings (SSSR count). The van der Waals surface area contributed by atoms with E-state index in [4.69, 9.17) is 16.0 Å². The molecule has 0 fully saturated rings. The predicted octanol–water partition coefficient (Wildman–Crippen LogP) is 3.07. The number of nitrogens with zero attached hydrogens (tertiary/aromatic N) is 1. The second kappa shape index (κ2) is 5.43. The first kappa shape index (κ1) is 12.8. The van der Waals surface area contributed by atoms with Crippen LogP contribution in [0.15, 0.2) is 52.1 Å². The van der Waals surface area contributed by atoms with Crippen molar-refractivity contribution < 1.29 is 9.52 Å². The summed E-state index contributed by atoms with van der Waals surface area (Å²) in [4.78, 5) is 4.47. The summed E-state index contributed by atoms with van der Waals surface area (Å²) in [6.07, 6.45) is 3.48. The van der Waals surface area contributed by atoms with Gasteiger partial charge >= 0.3 is 0 Å². The van der Waals surface area contributed by atoms with E-state index in [1.165, 1.54) is 0 Å². The number of rotatable bonds is 2. The van der Waals surface area contributed by atoms with Gasteiger partial charge in [-0.3, -0.25) is 4.99 Å². The SMILES string of the molecule is Oc1ccc(Cl)cc1C1=NCCNC(c2ccco2)=C1. The Labute approximate surface area is 121 Å². The zero-order valence-electron chi connectivity index (χ0n) is 10.6. The highest BCUT2D eigenvalue weighted by atomic mass is 35.5. The van der Waals surface area contributed by atoms with Crippen molar-refractivity contribution in [3.8, 4) is 5.75 Å². The van der Waals surface area contributed by atoms with E-state index in [0.29, 0.717) is 29.4 Å². The van der Waals surface area contributed by atoms with Crippen LogP contribution in [0.1, 0.15) is 11.3 Å². The van der Waals surface area contributed by atoms with Gasteiger partial charge in [0, 0.05) is 17.1 Å². The van der Waals surface area contributed by atoms with E-state index in [1.807, 2.05) is 18.2 Å². The third-order valence-electron chi connectivity index (χ3n) is 3.01. The number of benzene rings is 1. The molecule has 2 heterocycles. The van der Waals surface area contributed by atoms with Gasteiger partial charge in [0.2, 0.25) is 0 Å². The fraction of sp³-hybridized carbons (Fsp3) is 0.133. The molecule has 5 heteroatoms. The van der Waals surface area contributed by atoms with E-state index in [2.05, 4.69) is 10.3 Å². The van der Waals surface area contributed by atoms with Crippen LogP contribution < -0.4 is 5.32 Å². The van der Waals surface area contributed by atoms with Gasteiger partial charge < -0.3 is 14.8 Å². The molecule has 1 aromatic heterocycles. The number of allylic oxidation sites excluding steroid dienone is 1. The summed E-state index contributed by atoms with van der Waals surface area (Å²) in [7, 11) is 0. The fourth-order valence-corrected chi connectivity index (χ4v) is 2.24. The molecule has 0 aliphatic carbocycles. The van der Waals surface area contributed by atoms with Crippen molar-refractivity contribution in [2.45, 2.75) is 0 Å². The average molecular weight is 289 g/mol. The zero-order valence-corrected chi connectivity index (χ0v) is 11.4. The number of halogens is 1. The molecule has 0 saturated carbocycles. The molecule has 20 heavy (non-hydrogen) atoms. The highest BCUT2D eigenvalue weighted by molar-refractivity contribution is 6.31. The molecule has 0 atom stereocenters. The van der Waals surface area contributed by atoms with Crippen LogP contribution in [0.2, 0.25) is 5.02 Å². The maximum Gasteiger partial charge on any atom is 0.149 e. The third kappa shape index (κ3) is 2.56. The van der Waals surface area contributed by atoms with Crippen LogP contribution in [0.3, 0.4) is 0 Å². The van der Waals surface area contributed by atoms with Gasteiger partial charge in [-0.1, -0.05) is 11.6 Å². The number of hydrogen-bond acceptors (Lipinski definition) is 4. The number of aromatic hydroxyl groups is 1. The van der Waals surface area contributed by atoms with Crippen LogP contribution in [0.4, 0.5) is 0 Å². The molecule has 0 radical (unpaired) electrons. The van der Waals surface area contributed by atoms with Crippen molar-refractivity contribution in [1.29, 1.82) is 0 Å². The topological polar surface area (TPSA) is 57.8 Å². The number of hydrogen-bond donors (Lipinski definition) is 2. The largest absolute Gasteiger partial charge is 0.507 e. The molecule has 1 aliphatic heterocycles. The maximum absolute atomic E-state index is 9.98. The van der Waals surface area contributed by atoms with Crippen molar-refractivity contribution in [3.05, 3.63) is 59.0 Å². The minimum Gasteiger partial charge on any atom is -0.507 e. The monoisotopic (exact) mass is 288 g/mol. The predicted molar refractivity (Wildman–Crippen MR) is 79.2 cm³/mol. The van der Waals surface area contributed by atoms with Crippen LogP contribution in [0, 0.1) is 0 Å². The summed E-state index contributed by atoms with van der Waals surface area (Å²) in [5.74, 6) is 0.895. The van der Waals surface area contributed by atoms with Crippen molar-refractivity contribution in [1.82, 2.24) is 5.32 Å². The van der Waals surface area contributed by atoms with E-state index in [-0.39, 0.29) is 5.75 Å².